The van der Waals surface area contributed by atoms with Gasteiger partial charge in [-0.3, -0.25) is 14.6 Å². The zero-order chi connectivity index (χ0) is 14.9. The first-order valence-corrected chi connectivity index (χ1v) is 6.99. The molecule has 1 aliphatic rings. The average Bonchev–Trinajstić information content (AvgIpc) is 2.75. The Morgan fingerprint density at radius 2 is 1.90 bits per heavy atom. The predicted molar refractivity (Wildman–Crippen MR) is 76.5 cm³/mol. The molecule has 1 unspecified atom stereocenters. The van der Waals surface area contributed by atoms with Gasteiger partial charge in [-0.05, 0) is 20.8 Å². The maximum Gasteiger partial charge on any atom is 0.327 e. The molecule has 0 bridgehead atoms. The maximum atomic E-state index is 11.6. The molecule has 1 saturated heterocycles. The minimum Gasteiger partial charge on any atom is -0.480 e. The number of aromatic nitrogens is 2. The molecule has 6 nitrogen and oxygen atoms in total. The summed E-state index contributed by atoms with van der Waals surface area (Å²) in [6.45, 7) is 9.86. The zero-order valence-electron chi connectivity index (χ0n) is 12.7. The van der Waals surface area contributed by atoms with E-state index in [9.17, 15) is 9.90 Å². The van der Waals surface area contributed by atoms with Crippen LogP contribution < -0.4 is 0 Å². The Bertz CT molecular complexity index is 470. The molecule has 0 saturated carbocycles. The Balaban J connectivity index is 2.08. The lowest BCUT2D eigenvalue weighted by atomic mass is 10.0. The van der Waals surface area contributed by atoms with Crippen molar-refractivity contribution in [3.05, 3.63) is 18.2 Å². The smallest absolute Gasteiger partial charge is 0.327 e. The molecule has 112 valence electrons. The third-order valence-corrected chi connectivity index (χ3v) is 3.87. The highest BCUT2D eigenvalue weighted by atomic mass is 16.4. The number of imidazole rings is 1. The van der Waals surface area contributed by atoms with Gasteiger partial charge in [0.1, 0.15) is 0 Å². The van der Waals surface area contributed by atoms with Gasteiger partial charge in [0.2, 0.25) is 0 Å². The minimum absolute atomic E-state index is 0.135. The number of hydrogen-bond acceptors (Lipinski definition) is 4. The summed E-state index contributed by atoms with van der Waals surface area (Å²) in [5.74, 6) is -0.826. The molecule has 2 heterocycles. The summed E-state index contributed by atoms with van der Waals surface area (Å²) < 4.78 is 1.79. The fourth-order valence-corrected chi connectivity index (χ4v) is 2.69. The van der Waals surface area contributed by atoms with E-state index in [-0.39, 0.29) is 5.54 Å². The number of carbonyl (C=O) groups is 1. The lowest BCUT2D eigenvalue weighted by Gasteiger charge is -2.43. The van der Waals surface area contributed by atoms with Crippen molar-refractivity contribution in [3.8, 4) is 0 Å². The highest BCUT2D eigenvalue weighted by Gasteiger charge is 2.34. The molecule has 6 heteroatoms. The molecule has 1 fully saturated rings. The van der Waals surface area contributed by atoms with Gasteiger partial charge >= 0.3 is 5.97 Å². The molecule has 0 aromatic carbocycles. The van der Waals surface area contributed by atoms with Crippen LogP contribution in [0.1, 0.15) is 32.5 Å². The summed E-state index contributed by atoms with van der Waals surface area (Å²) in [7, 11) is 1.85. The van der Waals surface area contributed by atoms with Gasteiger partial charge in [0.05, 0.1) is 12.0 Å². The van der Waals surface area contributed by atoms with Crippen LogP contribution in [0.2, 0.25) is 0 Å². The normalized spacial score (nSPS) is 20.0. The van der Waals surface area contributed by atoms with E-state index in [2.05, 4.69) is 30.7 Å². The largest absolute Gasteiger partial charge is 0.480 e. The summed E-state index contributed by atoms with van der Waals surface area (Å²) in [5.41, 5.74) is 0.750. The molecule has 0 aliphatic carbocycles. The van der Waals surface area contributed by atoms with E-state index in [1.807, 2.05) is 11.9 Å². The molecule has 1 aromatic rings. The van der Waals surface area contributed by atoms with Crippen LogP contribution in [0, 0.1) is 0 Å². The molecule has 0 spiro atoms. The molecule has 1 aliphatic heterocycles. The van der Waals surface area contributed by atoms with Crippen LogP contribution in [-0.4, -0.2) is 62.1 Å². The highest BCUT2D eigenvalue weighted by molar-refractivity contribution is 5.74. The topological polar surface area (TPSA) is 61.6 Å². The van der Waals surface area contributed by atoms with Crippen LogP contribution in [0.15, 0.2) is 12.5 Å². The number of aryl methyl sites for hydroxylation is 1. The van der Waals surface area contributed by atoms with Crippen LogP contribution in [0.4, 0.5) is 0 Å². The van der Waals surface area contributed by atoms with Crippen LogP contribution in [0.25, 0.3) is 0 Å². The SMILES string of the molecule is Cn1cnc(C(C(=O)O)N2CCN(C(C)(C)C)CC2)c1. The number of aliphatic carboxylic acids is 1. The number of nitrogens with zero attached hydrogens (tertiary/aromatic N) is 4. The molecular formula is C14H24N4O2. The summed E-state index contributed by atoms with van der Waals surface area (Å²) >= 11 is 0. The first-order valence-electron chi connectivity index (χ1n) is 6.99. The molecule has 1 aromatic heterocycles. The van der Waals surface area contributed by atoms with E-state index >= 15 is 0 Å². The third kappa shape index (κ3) is 3.19. The average molecular weight is 280 g/mol. The predicted octanol–water partition coefficient (Wildman–Crippen LogP) is 0.962. The zero-order valence-corrected chi connectivity index (χ0v) is 12.7. The van der Waals surface area contributed by atoms with Gasteiger partial charge in [-0.15, -0.1) is 0 Å². The second-order valence-corrected chi connectivity index (χ2v) is 6.40. The van der Waals surface area contributed by atoms with Crippen LogP contribution >= 0.6 is 0 Å². The van der Waals surface area contributed by atoms with Crippen molar-refractivity contribution >= 4 is 5.97 Å². The second kappa shape index (κ2) is 5.54. The van der Waals surface area contributed by atoms with Crippen LogP contribution in [0.3, 0.4) is 0 Å². The fourth-order valence-electron chi connectivity index (χ4n) is 2.69. The van der Waals surface area contributed by atoms with E-state index in [1.54, 1.807) is 17.1 Å². The van der Waals surface area contributed by atoms with Gasteiger partial charge in [0.25, 0.3) is 0 Å². The number of piperazine rings is 1. The Hall–Kier alpha value is -1.40. The third-order valence-electron chi connectivity index (χ3n) is 3.87. The Kier molecular flexibility index (Phi) is 4.15. The second-order valence-electron chi connectivity index (χ2n) is 6.40. The van der Waals surface area contributed by atoms with Crippen molar-refractivity contribution < 1.29 is 9.90 Å². The van der Waals surface area contributed by atoms with Crippen LogP contribution in [0.5, 0.6) is 0 Å². The first kappa shape index (κ1) is 15.0. The molecule has 1 atom stereocenters. The number of carboxylic acids is 1. The van der Waals surface area contributed by atoms with Crippen molar-refractivity contribution in [2.24, 2.45) is 7.05 Å². The summed E-state index contributed by atoms with van der Waals surface area (Å²) in [4.78, 5) is 20.2. The summed E-state index contributed by atoms with van der Waals surface area (Å²) in [5, 5.41) is 9.51. The Labute approximate surface area is 120 Å². The van der Waals surface area contributed by atoms with Crippen molar-refractivity contribution in [2.75, 3.05) is 26.2 Å². The number of carboxylic acid groups (broad SMARTS) is 1. The van der Waals surface area contributed by atoms with Crippen molar-refractivity contribution in [1.29, 1.82) is 0 Å². The van der Waals surface area contributed by atoms with E-state index in [4.69, 9.17) is 0 Å². The van der Waals surface area contributed by atoms with E-state index < -0.39 is 12.0 Å². The standard InChI is InChI=1S/C14H24N4O2/c1-14(2,3)18-7-5-17(6-8-18)12(13(19)20)11-9-16(4)10-15-11/h9-10,12H,5-8H2,1-4H3,(H,19,20). The summed E-state index contributed by atoms with van der Waals surface area (Å²) in [6, 6.07) is -0.640. The quantitative estimate of drug-likeness (QED) is 0.893. The molecule has 2 rings (SSSR count). The van der Waals surface area contributed by atoms with Gasteiger partial charge in [0.15, 0.2) is 6.04 Å². The van der Waals surface area contributed by atoms with Gasteiger partial charge < -0.3 is 9.67 Å². The van der Waals surface area contributed by atoms with Gasteiger partial charge in [0, 0.05) is 45.0 Å². The lowest BCUT2D eigenvalue weighted by molar-refractivity contribution is -0.144. The highest BCUT2D eigenvalue weighted by Crippen LogP contribution is 2.23. The van der Waals surface area contributed by atoms with Crippen molar-refractivity contribution in [2.45, 2.75) is 32.4 Å². The molecule has 20 heavy (non-hydrogen) atoms. The summed E-state index contributed by atoms with van der Waals surface area (Å²) in [6.07, 6.45) is 3.44. The molecule has 1 N–H and O–H groups in total. The maximum absolute atomic E-state index is 11.6. The van der Waals surface area contributed by atoms with Crippen LogP contribution in [-0.2, 0) is 11.8 Å². The molecule has 0 radical (unpaired) electrons. The van der Waals surface area contributed by atoms with E-state index in [0.717, 1.165) is 26.2 Å². The van der Waals surface area contributed by atoms with Gasteiger partial charge in [-0.25, -0.2) is 4.98 Å². The molecular weight excluding hydrogens is 256 g/mol. The minimum atomic E-state index is -0.826. The fraction of sp³-hybridized carbons (Fsp3) is 0.714. The Morgan fingerprint density at radius 1 is 1.30 bits per heavy atom. The monoisotopic (exact) mass is 280 g/mol. The van der Waals surface area contributed by atoms with Gasteiger partial charge in [-0.1, -0.05) is 0 Å². The van der Waals surface area contributed by atoms with E-state index in [1.165, 1.54) is 0 Å². The molecule has 0 amide bonds. The van der Waals surface area contributed by atoms with E-state index in [0.29, 0.717) is 5.69 Å². The lowest BCUT2D eigenvalue weighted by Crippen LogP contribution is -2.54. The number of rotatable bonds is 3. The van der Waals surface area contributed by atoms with Crippen molar-refractivity contribution in [1.82, 2.24) is 19.4 Å². The van der Waals surface area contributed by atoms with Crippen molar-refractivity contribution in [3.63, 3.8) is 0 Å². The van der Waals surface area contributed by atoms with Gasteiger partial charge in [-0.2, -0.15) is 0 Å². The number of hydrogen-bond donors (Lipinski definition) is 1. The Morgan fingerprint density at radius 3 is 2.30 bits per heavy atom. The first-order chi connectivity index (χ1) is 9.29.